The van der Waals surface area contributed by atoms with Gasteiger partial charge in [-0.3, -0.25) is 0 Å². The third kappa shape index (κ3) is 4.07. The van der Waals surface area contributed by atoms with Gasteiger partial charge < -0.3 is 10.4 Å². The number of aryl methyl sites for hydroxylation is 1. The summed E-state index contributed by atoms with van der Waals surface area (Å²) in [5.41, 5.74) is 2.74. The SMILES string of the molecule is CCc1ccc(C(CC)NC2CCCCCC2O)cc1. The molecule has 1 aliphatic rings. The van der Waals surface area contributed by atoms with Gasteiger partial charge in [-0.05, 0) is 36.8 Å². The minimum absolute atomic E-state index is 0.179. The second-order valence-electron chi connectivity index (χ2n) is 6.03. The van der Waals surface area contributed by atoms with Crippen LogP contribution < -0.4 is 5.32 Å². The molecular weight excluding hydrogens is 246 g/mol. The maximum absolute atomic E-state index is 10.3. The Bertz CT molecular complexity index is 387. The third-order valence-corrected chi connectivity index (χ3v) is 4.59. The Morgan fingerprint density at radius 1 is 1.10 bits per heavy atom. The highest BCUT2D eigenvalue weighted by Crippen LogP contribution is 2.23. The Morgan fingerprint density at radius 2 is 1.80 bits per heavy atom. The molecule has 3 unspecified atom stereocenters. The van der Waals surface area contributed by atoms with Gasteiger partial charge in [-0.1, -0.05) is 57.4 Å². The van der Waals surface area contributed by atoms with Crippen molar-refractivity contribution in [3.05, 3.63) is 35.4 Å². The molecule has 2 heteroatoms. The predicted octanol–water partition coefficient (Wildman–Crippen LogP) is 3.98. The van der Waals surface area contributed by atoms with E-state index in [2.05, 4.69) is 43.4 Å². The van der Waals surface area contributed by atoms with E-state index in [0.717, 1.165) is 25.7 Å². The molecule has 0 amide bonds. The third-order valence-electron chi connectivity index (χ3n) is 4.59. The fraction of sp³-hybridized carbons (Fsp3) is 0.667. The minimum Gasteiger partial charge on any atom is -0.392 e. The van der Waals surface area contributed by atoms with Gasteiger partial charge >= 0.3 is 0 Å². The summed E-state index contributed by atoms with van der Waals surface area (Å²) in [5, 5.41) is 14.0. The van der Waals surface area contributed by atoms with E-state index in [4.69, 9.17) is 0 Å². The van der Waals surface area contributed by atoms with Gasteiger partial charge in [0.25, 0.3) is 0 Å². The fourth-order valence-corrected chi connectivity index (χ4v) is 3.18. The molecule has 1 fully saturated rings. The lowest BCUT2D eigenvalue weighted by Gasteiger charge is -2.28. The number of hydrogen-bond acceptors (Lipinski definition) is 2. The zero-order valence-electron chi connectivity index (χ0n) is 12.9. The first-order valence-corrected chi connectivity index (χ1v) is 8.27. The van der Waals surface area contributed by atoms with Gasteiger partial charge in [-0.15, -0.1) is 0 Å². The monoisotopic (exact) mass is 275 g/mol. The Kier molecular flexibility index (Phi) is 6.06. The maximum Gasteiger partial charge on any atom is 0.0693 e. The normalized spacial score (nSPS) is 25.1. The summed E-state index contributed by atoms with van der Waals surface area (Å²) in [4.78, 5) is 0. The van der Waals surface area contributed by atoms with Gasteiger partial charge in [0.15, 0.2) is 0 Å². The van der Waals surface area contributed by atoms with E-state index in [1.807, 2.05) is 0 Å². The predicted molar refractivity (Wildman–Crippen MR) is 84.9 cm³/mol. The number of aliphatic hydroxyl groups excluding tert-OH is 1. The van der Waals surface area contributed by atoms with Crippen molar-refractivity contribution in [3.8, 4) is 0 Å². The second kappa shape index (κ2) is 7.80. The molecule has 1 aromatic carbocycles. The van der Waals surface area contributed by atoms with Crippen molar-refractivity contribution >= 4 is 0 Å². The van der Waals surface area contributed by atoms with E-state index in [9.17, 15) is 5.11 Å². The highest BCUT2D eigenvalue weighted by atomic mass is 16.3. The molecule has 1 aromatic rings. The topological polar surface area (TPSA) is 32.3 Å². The van der Waals surface area contributed by atoms with Gasteiger partial charge in [0.2, 0.25) is 0 Å². The number of nitrogens with one attached hydrogen (secondary N) is 1. The first-order valence-electron chi connectivity index (χ1n) is 8.27. The lowest BCUT2D eigenvalue weighted by molar-refractivity contribution is 0.113. The minimum atomic E-state index is -0.179. The Labute approximate surface area is 123 Å². The highest BCUT2D eigenvalue weighted by Gasteiger charge is 2.24. The van der Waals surface area contributed by atoms with E-state index in [1.165, 1.54) is 30.4 Å². The lowest BCUT2D eigenvalue weighted by Crippen LogP contribution is -2.41. The summed E-state index contributed by atoms with van der Waals surface area (Å²) in [6.45, 7) is 4.40. The summed E-state index contributed by atoms with van der Waals surface area (Å²) in [6.07, 6.45) is 7.69. The molecule has 1 saturated carbocycles. The maximum atomic E-state index is 10.3. The number of rotatable bonds is 5. The van der Waals surface area contributed by atoms with Crippen molar-refractivity contribution in [1.29, 1.82) is 0 Å². The van der Waals surface area contributed by atoms with Gasteiger partial charge in [-0.25, -0.2) is 0 Å². The van der Waals surface area contributed by atoms with Crippen LogP contribution in [0.25, 0.3) is 0 Å². The lowest BCUT2D eigenvalue weighted by atomic mass is 9.98. The fourth-order valence-electron chi connectivity index (χ4n) is 3.18. The molecule has 0 heterocycles. The van der Waals surface area contributed by atoms with Gasteiger partial charge in [-0.2, -0.15) is 0 Å². The Hall–Kier alpha value is -0.860. The van der Waals surface area contributed by atoms with Crippen LogP contribution >= 0.6 is 0 Å². The van der Waals surface area contributed by atoms with Crippen LogP contribution in [-0.2, 0) is 6.42 Å². The smallest absolute Gasteiger partial charge is 0.0693 e. The summed E-state index contributed by atoms with van der Waals surface area (Å²) in [7, 11) is 0. The summed E-state index contributed by atoms with van der Waals surface area (Å²) in [5.74, 6) is 0. The molecule has 20 heavy (non-hydrogen) atoms. The van der Waals surface area contributed by atoms with E-state index < -0.39 is 0 Å². The van der Waals surface area contributed by atoms with Crippen LogP contribution in [0.5, 0.6) is 0 Å². The first-order chi connectivity index (χ1) is 9.74. The van der Waals surface area contributed by atoms with Crippen LogP contribution in [0.4, 0.5) is 0 Å². The Morgan fingerprint density at radius 3 is 2.45 bits per heavy atom. The van der Waals surface area contributed by atoms with E-state index in [-0.39, 0.29) is 12.1 Å². The number of benzene rings is 1. The summed E-state index contributed by atoms with van der Waals surface area (Å²) in [6, 6.07) is 9.55. The van der Waals surface area contributed by atoms with Crippen molar-refractivity contribution < 1.29 is 5.11 Å². The Balaban J connectivity index is 2.02. The molecule has 0 radical (unpaired) electrons. The van der Waals surface area contributed by atoms with Gasteiger partial charge in [0, 0.05) is 12.1 Å². The van der Waals surface area contributed by atoms with Crippen LogP contribution in [0.3, 0.4) is 0 Å². The van der Waals surface area contributed by atoms with Crippen molar-refractivity contribution in [3.63, 3.8) is 0 Å². The van der Waals surface area contributed by atoms with Crippen LogP contribution in [0, 0.1) is 0 Å². The van der Waals surface area contributed by atoms with Crippen LogP contribution in [0.15, 0.2) is 24.3 Å². The molecule has 2 nitrogen and oxygen atoms in total. The van der Waals surface area contributed by atoms with Crippen molar-refractivity contribution in [2.45, 2.75) is 77.0 Å². The average Bonchev–Trinajstić information content (AvgIpc) is 2.69. The molecule has 112 valence electrons. The standard InChI is InChI=1S/C18H29NO/c1-3-14-10-12-15(13-11-14)16(4-2)19-17-8-6-5-7-9-18(17)20/h10-13,16-20H,3-9H2,1-2H3. The van der Waals surface area contributed by atoms with Crippen LogP contribution in [-0.4, -0.2) is 17.3 Å². The highest BCUT2D eigenvalue weighted by molar-refractivity contribution is 5.25. The van der Waals surface area contributed by atoms with Crippen LogP contribution in [0.1, 0.15) is 69.5 Å². The zero-order chi connectivity index (χ0) is 14.4. The molecule has 0 spiro atoms. The molecule has 3 atom stereocenters. The zero-order valence-corrected chi connectivity index (χ0v) is 12.9. The van der Waals surface area contributed by atoms with Gasteiger partial charge in [0.1, 0.15) is 0 Å². The molecule has 2 rings (SSSR count). The molecular formula is C18H29NO. The van der Waals surface area contributed by atoms with Crippen molar-refractivity contribution in [2.24, 2.45) is 0 Å². The quantitative estimate of drug-likeness (QED) is 0.797. The molecule has 1 aliphatic carbocycles. The average molecular weight is 275 g/mol. The summed E-state index contributed by atoms with van der Waals surface area (Å²) < 4.78 is 0. The van der Waals surface area contributed by atoms with E-state index in [1.54, 1.807) is 0 Å². The largest absolute Gasteiger partial charge is 0.392 e. The number of aliphatic hydroxyl groups is 1. The second-order valence-corrected chi connectivity index (χ2v) is 6.03. The first kappa shape index (κ1) is 15.5. The molecule has 2 N–H and O–H groups in total. The molecule has 0 aliphatic heterocycles. The van der Waals surface area contributed by atoms with E-state index >= 15 is 0 Å². The van der Waals surface area contributed by atoms with Crippen LogP contribution in [0.2, 0.25) is 0 Å². The van der Waals surface area contributed by atoms with Gasteiger partial charge in [0.05, 0.1) is 6.10 Å². The number of hydrogen-bond donors (Lipinski definition) is 2. The molecule has 0 saturated heterocycles. The molecule has 0 aromatic heterocycles. The van der Waals surface area contributed by atoms with Crippen molar-refractivity contribution in [1.82, 2.24) is 5.32 Å². The summed E-state index contributed by atoms with van der Waals surface area (Å²) >= 11 is 0. The van der Waals surface area contributed by atoms with E-state index in [0.29, 0.717) is 6.04 Å². The van der Waals surface area contributed by atoms with Crippen molar-refractivity contribution in [2.75, 3.05) is 0 Å². The molecule has 0 bridgehead atoms.